The van der Waals surface area contributed by atoms with Crippen LogP contribution in [-0.4, -0.2) is 20.8 Å². The van der Waals surface area contributed by atoms with Gasteiger partial charge in [-0.3, -0.25) is 4.68 Å². The third-order valence-corrected chi connectivity index (χ3v) is 3.94. The highest BCUT2D eigenvalue weighted by Crippen LogP contribution is 2.20. The van der Waals surface area contributed by atoms with E-state index in [1.807, 2.05) is 10.9 Å². The fourth-order valence-corrected chi connectivity index (χ4v) is 2.49. The lowest BCUT2D eigenvalue weighted by molar-refractivity contribution is 0.301. The van der Waals surface area contributed by atoms with Gasteiger partial charge in [0.25, 0.3) is 0 Å². The van der Waals surface area contributed by atoms with Gasteiger partial charge in [0.05, 0.1) is 18.1 Å². The Labute approximate surface area is 116 Å². The van der Waals surface area contributed by atoms with E-state index in [0.717, 1.165) is 35.6 Å². The van der Waals surface area contributed by atoms with Crippen LogP contribution in [0.5, 0.6) is 5.75 Å². The molecule has 0 aliphatic heterocycles. The highest BCUT2D eigenvalue weighted by molar-refractivity contribution is 7.09. The van der Waals surface area contributed by atoms with E-state index in [1.165, 1.54) is 12.8 Å². The zero-order valence-electron chi connectivity index (χ0n) is 11.0. The van der Waals surface area contributed by atoms with Gasteiger partial charge in [-0.25, -0.2) is 4.98 Å². The summed E-state index contributed by atoms with van der Waals surface area (Å²) in [4.78, 5) is 4.56. The lowest BCUT2D eigenvalue weighted by Gasteiger charge is -2.00. The number of nitrogens with zero attached hydrogens (tertiary/aromatic N) is 3. The van der Waals surface area contributed by atoms with Crippen molar-refractivity contribution in [2.45, 2.75) is 45.5 Å². The molecule has 0 saturated heterocycles. The van der Waals surface area contributed by atoms with E-state index in [-0.39, 0.29) is 0 Å². The molecule has 2 heterocycles. The van der Waals surface area contributed by atoms with Crippen molar-refractivity contribution in [3.05, 3.63) is 28.5 Å². The molecule has 0 amide bonds. The van der Waals surface area contributed by atoms with Crippen LogP contribution in [0.2, 0.25) is 0 Å². The maximum absolute atomic E-state index is 5.67. The topological polar surface area (TPSA) is 52.0 Å². The van der Waals surface area contributed by atoms with Crippen LogP contribution in [0.3, 0.4) is 0 Å². The van der Waals surface area contributed by atoms with Gasteiger partial charge >= 0.3 is 0 Å². The molecule has 0 unspecified atom stereocenters. The van der Waals surface area contributed by atoms with Crippen LogP contribution in [0, 0.1) is 0 Å². The van der Waals surface area contributed by atoms with Crippen LogP contribution in [-0.2, 0) is 19.7 Å². The predicted molar refractivity (Wildman–Crippen MR) is 74.2 cm³/mol. The molecular weight excluding hydrogens is 260 g/mol. The zero-order valence-corrected chi connectivity index (χ0v) is 11.8. The molecule has 0 bridgehead atoms. The van der Waals surface area contributed by atoms with E-state index in [1.54, 1.807) is 17.5 Å². The van der Waals surface area contributed by atoms with Crippen LogP contribution in [0.15, 0.2) is 17.8 Å². The molecule has 19 heavy (non-hydrogen) atoms. The Morgan fingerprint density at radius 2 is 2.42 bits per heavy atom. The Bertz CT molecular complexity index is 532. The van der Waals surface area contributed by atoms with E-state index < -0.39 is 0 Å². The van der Waals surface area contributed by atoms with Crippen molar-refractivity contribution in [2.75, 3.05) is 0 Å². The Balaban J connectivity index is 1.48. The molecule has 1 aliphatic carbocycles. The Kier molecular flexibility index (Phi) is 3.79. The molecule has 5 nitrogen and oxygen atoms in total. The molecule has 102 valence electrons. The van der Waals surface area contributed by atoms with Gasteiger partial charge in [-0.2, -0.15) is 5.10 Å². The summed E-state index contributed by atoms with van der Waals surface area (Å²) >= 11 is 1.69. The van der Waals surface area contributed by atoms with Crippen LogP contribution in [0.1, 0.15) is 30.5 Å². The molecule has 1 fully saturated rings. The SMILES string of the molecule is CCn1cc(OCc2csc(CNC3CC3)n2)cn1. The molecule has 0 atom stereocenters. The van der Waals surface area contributed by atoms with Crippen LogP contribution < -0.4 is 10.1 Å². The third kappa shape index (κ3) is 3.54. The first kappa shape index (κ1) is 12.6. The van der Waals surface area contributed by atoms with Crippen molar-refractivity contribution in [1.82, 2.24) is 20.1 Å². The number of rotatable bonds is 7. The maximum Gasteiger partial charge on any atom is 0.157 e. The Morgan fingerprint density at radius 1 is 1.53 bits per heavy atom. The number of nitrogens with one attached hydrogen (secondary N) is 1. The third-order valence-electron chi connectivity index (χ3n) is 3.04. The number of thiazole rings is 1. The van der Waals surface area contributed by atoms with Crippen molar-refractivity contribution in [1.29, 1.82) is 0 Å². The minimum Gasteiger partial charge on any atom is -0.484 e. The summed E-state index contributed by atoms with van der Waals surface area (Å²) < 4.78 is 7.51. The molecule has 0 aromatic carbocycles. The fraction of sp³-hybridized carbons (Fsp3) is 0.538. The number of hydrogen-bond acceptors (Lipinski definition) is 5. The average Bonchev–Trinajstić information content (AvgIpc) is 2.97. The second-order valence-electron chi connectivity index (χ2n) is 4.71. The highest BCUT2D eigenvalue weighted by atomic mass is 32.1. The number of aromatic nitrogens is 3. The minimum atomic E-state index is 0.509. The first-order valence-corrected chi connectivity index (χ1v) is 7.53. The molecule has 2 aromatic rings. The Hall–Kier alpha value is -1.40. The normalized spacial score (nSPS) is 14.8. The van der Waals surface area contributed by atoms with E-state index >= 15 is 0 Å². The smallest absolute Gasteiger partial charge is 0.157 e. The van der Waals surface area contributed by atoms with Gasteiger partial charge in [0.15, 0.2) is 5.75 Å². The molecular formula is C13H18N4OS. The van der Waals surface area contributed by atoms with Gasteiger partial charge in [-0.1, -0.05) is 0 Å². The van der Waals surface area contributed by atoms with Gasteiger partial charge in [-0.05, 0) is 19.8 Å². The number of aryl methyl sites for hydroxylation is 1. The van der Waals surface area contributed by atoms with Crippen LogP contribution in [0.25, 0.3) is 0 Å². The lowest BCUT2D eigenvalue weighted by atomic mass is 10.5. The molecule has 0 radical (unpaired) electrons. The molecule has 3 rings (SSSR count). The fourth-order valence-electron chi connectivity index (χ4n) is 1.76. The zero-order chi connectivity index (χ0) is 13.1. The standard InChI is InChI=1S/C13H18N4OS/c1-2-17-7-12(5-15-17)18-8-11-9-19-13(16-11)6-14-10-3-4-10/h5,7,9-10,14H,2-4,6,8H2,1H3. The van der Waals surface area contributed by atoms with Crippen molar-refractivity contribution < 1.29 is 4.74 Å². The summed E-state index contributed by atoms with van der Waals surface area (Å²) in [5.41, 5.74) is 0.988. The summed E-state index contributed by atoms with van der Waals surface area (Å²) in [6, 6.07) is 0.725. The van der Waals surface area contributed by atoms with E-state index in [0.29, 0.717) is 6.61 Å². The monoisotopic (exact) mass is 278 g/mol. The molecule has 0 spiro atoms. The van der Waals surface area contributed by atoms with E-state index in [2.05, 4.69) is 27.7 Å². The molecule has 1 saturated carbocycles. The van der Waals surface area contributed by atoms with Crippen molar-refractivity contribution in [3.63, 3.8) is 0 Å². The van der Waals surface area contributed by atoms with Crippen LogP contribution >= 0.6 is 11.3 Å². The van der Waals surface area contributed by atoms with Gasteiger partial charge in [0, 0.05) is 24.5 Å². The van der Waals surface area contributed by atoms with Crippen molar-refractivity contribution >= 4 is 11.3 Å². The average molecular weight is 278 g/mol. The molecule has 2 aromatic heterocycles. The second kappa shape index (κ2) is 5.71. The van der Waals surface area contributed by atoms with Gasteiger partial charge in [0.2, 0.25) is 0 Å². The quantitative estimate of drug-likeness (QED) is 0.843. The Morgan fingerprint density at radius 3 is 3.16 bits per heavy atom. The summed E-state index contributed by atoms with van der Waals surface area (Å²) in [6.07, 6.45) is 6.26. The van der Waals surface area contributed by atoms with Gasteiger partial charge in [0.1, 0.15) is 11.6 Å². The minimum absolute atomic E-state index is 0.509. The molecule has 1 N–H and O–H groups in total. The maximum atomic E-state index is 5.67. The summed E-state index contributed by atoms with van der Waals surface area (Å²) in [5, 5.41) is 10.8. The first-order chi connectivity index (χ1) is 9.33. The van der Waals surface area contributed by atoms with Crippen molar-refractivity contribution in [2.24, 2.45) is 0 Å². The number of hydrogen-bond donors (Lipinski definition) is 1. The molecule has 6 heteroatoms. The van der Waals surface area contributed by atoms with E-state index in [9.17, 15) is 0 Å². The first-order valence-electron chi connectivity index (χ1n) is 6.65. The largest absolute Gasteiger partial charge is 0.484 e. The summed E-state index contributed by atoms with van der Waals surface area (Å²) in [6.45, 7) is 4.30. The predicted octanol–water partition coefficient (Wildman–Crippen LogP) is 2.19. The highest BCUT2D eigenvalue weighted by Gasteiger charge is 2.20. The van der Waals surface area contributed by atoms with E-state index in [4.69, 9.17) is 4.74 Å². The second-order valence-corrected chi connectivity index (χ2v) is 5.65. The number of ether oxygens (including phenoxy) is 1. The van der Waals surface area contributed by atoms with Crippen LogP contribution in [0.4, 0.5) is 0 Å². The van der Waals surface area contributed by atoms with Crippen molar-refractivity contribution in [3.8, 4) is 5.75 Å². The summed E-state index contributed by atoms with van der Waals surface area (Å²) in [5.74, 6) is 0.799. The lowest BCUT2D eigenvalue weighted by Crippen LogP contribution is -2.15. The van der Waals surface area contributed by atoms with Gasteiger partial charge < -0.3 is 10.1 Å². The molecule has 1 aliphatic rings. The summed E-state index contributed by atoms with van der Waals surface area (Å²) in [7, 11) is 0. The van der Waals surface area contributed by atoms with Gasteiger partial charge in [-0.15, -0.1) is 11.3 Å².